The third kappa shape index (κ3) is 6.64. The van der Waals surface area contributed by atoms with Gasteiger partial charge in [-0.15, -0.1) is 0 Å². The lowest BCUT2D eigenvalue weighted by molar-refractivity contribution is -0.145. The average Bonchev–Trinajstić information content (AvgIpc) is 2.22. The predicted octanol–water partition coefficient (Wildman–Crippen LogP) is 2.42. The lowest BCUT2D eigenvalue weighted by Gasteiger charge is -2.28. The van der Waals surface area contributed by atoms with Crippen LogP contribution in [0, 0.1) is 0 Å². The molecule has 0 aliphatic carbocycles. The van der Waals surface area contributed by atoms with E-state index < -0.39 is 11.5 Å². The van der Waals surface area contributed by atoms with Gasteiger partial charge >= 0.3 is 5.97 Å². The Labute approximate surface area is 105 Å². The summed E-state index contributed by atoms with van der Waals surface area (Å²) in [6.07, 6.45) is 2.58. The highest BCUT2D eigenvalue weighted by molar-refractivity contribution is 5.78. The number of ether oxygens (including phenoxy) is 1. The maximum Gasteiger partial charge on any atom is 0.323 e. The topological polar surface area (TPSA) is 58.6 Å². The highest BCUT2D eigenvalue weighted by Gasteiger charge is 2.32. The van der Waals surface area contributed by atoms with Crippen LogP contribution in [0.25, 0.3) is 0 Å². The van der Waals surface area contributed by atoms with Crippen molar-refractivity contribution in [3.8, 4) is 0 Å². The van der Waals surface area contributed by atoms with Crippen LogP contribution in [0.15, 0.2) is 0 Å². The molecule has 4 heteroatoms. The van der Waals surface area contributed by atoms with E-state index in [1.165, 1.54) is 0 Å². The van der Waals surface area contributed by atoms with Crippen molar-refractivity contribution in [1.82, 2.24) is 5.32 Å². The zero-order valence-corrected chi connectivity index (χ0v) is 11.7. The first-order valence-corrected chi connectivity index (χ1v) is 6.44. The molecule has 0 aliphatic rings. The summed E-state index contributed by atoms with van der Waals surface area (Å²) in [5.41, 5.74) is -0.854. The van der Waals surface area contributed by atoms with Gasteiger partial charge in [0.25, 0.3) is 0 Å². The highest BCUT2D eigenvalue weighted by atomic mass is 16.5. The minimum Gasteiger partial charge on any atom is -0.480 e. The first kappa shape index (κ1) is 16.4. The van der Waals surface area contributed by atoms with Gasteiger partial charge in [-0.2, -0.15) is 0 Å². The molecule has 0 aliphatic heterocycles. The minimum atomic E-state index is -0.854. The van der Waals surface area contributed by atoms with E-state index in [0.29, 0.717) is 13.0 Å². The fourth-order valence-corrected chi connectivity index (χ4v) is 1.71. The van der Waals surface area contributed by atoms with Gasteiger partial charge in [-0.1, -0.05) is 6.92 Å². The number of hydrogen-bond donors (Lipinski definition) is 2. The van der Waals surface area contributed by atoms with Gasteiger partial charge in [-0.25, -0.2) is 0 Å². The third-order valence-electron chi connectivity index (χ3n) is 2.88. The van der Waals surface area contributed by atoms with Crippen molar-refractivity contribution in [3.63, 3.8) is 0 Å². The Hall–Kier alpha value is -0.610. The van der Waals surface area contributed by atoms with E-state index in [2.05, 4.69) is 12.2 Å². The van der Waals surface area contributed by atoms with Gasteiger partial charge in [0.1, 0.15) is 5.54 Å². The molecule has 102 valence electrons. The van der Waals surface area contributed by atoms with Crippen molar-refractivity contribution in [2.75, 3.05) is 6.61 Å². The molecule has 0 saturated carbocycles. The summed E-state index contributed by atoms with van der Waals surface area (Å²) >= 11 is 0. The van der Waals surface area contributed by atoms with E-state index in [1.807, 2.05) is 20.8 Å². The summed E-state index contributed by atoms with van der Waals surface area (Å²) in [5, 5.41) is 12.3. The molecular formula is C13H27NO3. The Morgan fingerprint density at radius 2 is 2.00 bits per heavy atom. The van der Waals surface area contributed by atoms with E-state index in [4.69, 9.17) is 4.74 Å². The molecule has 0 aromatic heterocycles. The van der Waals surface area contributed by atoms with Crippen LogP contribution in [-0.2, 0) is 9.53 Å². The molecule has 2 N–H and O–H groups in total. The molecule has 2 unspecified atom stereocenters. The third-order valence-corrected chi connectivity index (χ3v) is 2.88. The van der Waals surface area contributed by atoms with Crippen LogP contribution < -0.4 is 5.32 Å². The van der Waals surface area contributed by atoms with Gasteiger partial charge in [0.05, 0.1) is 6.10 Å². The molecule has 0 rings (SSSR count). The number of carboxylic acid groups (broad SMARTS) is 1. The summed E-state index contributed by atoms with van der Waals surface area (Å²) in [5.74, 6) is -0.797. The fourth-order valence-electron chi connectivity index (χ4n) is 1.71. The normalized spacial score (nSPS) is 16.8. The zero-order valence-electron chi connectivity index (χ0n) is 11.7. The Balaban J connectivity index is 4.06. The Kier molecular flexibility index (Phi) is 7.39. The molecule has 0 saturated heterocycles. The molecule has 0 heterocycles. The first-order chi connectivity index (χ1) is 7.81. The summed E-state index contributed by atoms with van der Waals surface area (Å²) in [6, 6.07) is 0.159. The van der Waals surface area contributed by atoms with Crippen LogP contribution >= 0.6 is 0 Å². The Bertz CT molecular complexity index is 231. The molecule has 2 atom stereocenters. The second kappa shape index (κ2) is 7.67. The molecule has 0 fully saturated rings. The van der Waals surface area contributed by atoms with Gasteiger partial charge < -0.3 is 9.84 Å². The first-order valence-electron chi connectivity index (χ1n) is 6.44. The van der Waals surface area contributed by atoms with Gasteiger partial charge in [-0.3, -0.25) is 10.1 Å². The standard InChI is InChI=1S/C13H27NO3/c1-6-11(4)17-9-7-8-13(5,12(15)16)14-10(2)3/h10-11,14H,6-9H2,1-5H3,(H,15,16). The van der Waals surface area contributed by atoms with E-state index in [9.17, 15) is 9.90 Å². The number of carboxylic acids is 1. The number of hydrogen-bond acceptors (Lipinski definition) is 3. The number of rotatable bonds is 9. The van der Waals surface area contributed by atoms with Crippen LogP contribution in [0.5, 0.6) is 0 Å². The molecule has 0 aromatic rings. The molecule has 0 aromatic carbocycles. The molecule has 4 nitrogen and oxygen atoms in total. The van der Waals surface area contributed by atoms with Crippen molar-refractivity contribution < 1.29 is 14.6 Å². The van der Waals surface area contributed by atoms with Crippen molar-refractivity contribution in [3.05, 3.63) is 0 Å². The molecular weight excluding hydrogens is 218 g/mol. The van der Waals surface area contributed by atoms with E-state index in [0.717, 1.165) is 12.8 Å². The quantitative estimate of drug-likeness (QED) is 0.612. The molecule has 0 bridgehead atoms. The maximum absolute atomic E-state index is 11.2. The number of nitrogens with one attached hydrogen (secondary N) is 1. The molecule has 0 spiro atoms. The Morgan fingerprint density at radius 1 is 1.41 bits per heavy atom. The SMILES string of the molecule is CCC(C)OCCCC(C)(NC(C)C)C(=O)O. The van der Waals surface area contributed by atoms with Crippen molar-refractivity contribution in [2.45, 2.75) is 71.6 Å². The van der Waals surface area contributed by atoms with Gasteiger partial charge in [0, 0.05) is 12.6 Å². The lowest BCUT2D eigenvalue weighted by atomic mass is 9.95. The van der Waals surface area contributed by atoms with Crippen molar-refractivity contribution in [2.24, 2.45) is 0 Å². The summed E-state index contributed by atoms with van der Waals surface area (Å²) in [6.45, 7) is 10.4. The number of carbonyl (C=O) groups is 1. The van der Waals surface area contributed by atoms with E-state index in [-0.39, 0.29) is 12.1 Å². The number of aliphatic carboxylic acids is 1. The van der Waals surface area contributed by atoms with Crippen LogP contribution in [0.1, 0.15) is 53.9 Å². The van der Waals surface area contributed by atoms with Gasteiger partial charge in [-0.05, 0) is 47.0 Å². The van der Waals surface area contributed by atoms with E-state index >= 15 is 0 Å². The second-order valence-electron chi connectivity index (χ2n) is 5.13. The average molecular weight is 245 g/mol. The summed E-state index contributed by atoms with van der Waals surface area (Å²) < 4.78 is 5.55. The minimum absolute atomic E-state index is 0.159. The Morgan fingerprint density at radius 3 is 2.41 bits per heavy atom. The van der Waals surface area contributed by atoms with E-state index in [1.54, 1.807) is 6.92 Å². The fraction of sp³-hybridized carbons (Fsp3) is 0.923. The maximum atomic E-state index is 11.2. The summed E-state index contributed by atoms with van der Waals surface area (Å²) in [4.78, 5) is 11.2. The highest BCUT2D eigenvalue weighted by Crippen LogP contribution is 2.14. The summed E-state index contributed by atoms with van der Waals surface area (Å²) in [7, 11) is 0. The molecule has 0 amide bonds. The van der Waals surface area contributed by atoms with Gasteiger partial charge in [0.2, 0.25) is 0 Å². The van der Waals surface area contributed by atoms with Crippen LogP contribution in [0.2, 0.25) is 0 Å². The second-order valence-corrected chi connectivity index (χ2v) is 5.13. The predicted molar refractivity (Wildman–Crippen MR) is 69.3 cm³/mol. The van der Waals surface area contributed by atoms with Crippen molar-refractivity contribution >= 4 is 5.97 Å². The van der Waals surface area contributed by atoms with Crippen LogP contribution in [-0.4, -0.2) is 35.4 Å². The van der Waals surface area contributed by atoms with Crippen LogP contribution in [0.4, 0.5) is 0 Å². The van der Waals surface area contributed by atoms with Crippen LogP contribution in [0.3, 0.4) is 0 Å². The molecule has 17 heavy (non-hydrogen) atoms. The monoisotopic (exact) mass is 245 g/mol. The zero-order chi connectivity index (χ0) is 13.5. The lowest BCUT2D eigenvalue weighted by Crippen LogP contribution is -2.52. The molecule has 0 radical (unpaired) electrons. The largest absolute Gasteiger partial charge is 0.480 e. The smallest absolute Gasteiger partial charge is 0.323 e. The van der Waals surface area contributed by atoms with Crippen molar-refractivity contribution in [1.29, 1.82) is 0 Å². The van der Waals surface area contributed by atoms with Gasteiger partial charge in [0.15, 0.2) is 0 Å².